The minimum atomic E-state index is -4.36. The van der Waals surface area contributed by atoms with Gasteiger partial charge in [0.25, 0.3) is 0 Å². The fourth-order valence-corrected chi connectivity index (χ4v) is 3.15. The number of halogens is 3. The van der Waals surface area contributed by atoms with Crippen molar-refractivity contribution in [3.05, 3.63) is 53.2 Å². The quantitative estimate of drug-likeness (QED) is 0.575. The van der Waals surface area contributed by atoms with Gasteiger partial charge in [-0.05, 0) is 57.4 Å². The molecule has 3 rings (SSSR count). The largest absolute Gasteiger partial charge is 0.445 e. The number of benzene rings is 1. The van der Waals surface area contributed by atoms with Crippen LogP contribution in [0.3, 0.4) is 0 Å². The molecule has 0 saturated carbocycles. The van der Waals surface area contributed by atoms with Crippen molar-refractivity contribution < 1.29 is 31.9 Å². The highest BCUT2D eigenvalue weighted by Crippen LogP contribution is 2.29. The number of ether oxygens (including phenoxy) is 2. The number of hydrogen-bond acceptors (Lipinski definition) is 5. The Morgan fingerprint density at radius 3 is 2.41 bits per heavy atom. The maximum atomic E-state index is 12.6. The number of rotatable bonds is 5. The highest BCUT2D eigenvalue weighted by Gasteiger charge is 2.30. The molecular formula is C23H27F3N2O4. The second-order valence-corrected chi connectivity index (χ2v) is 8.61. The second-order valence-electron chi connectivity index (χ2n) is 8.61. The Hall–Kier alpha value is -2.81. The lowest BCUT2D eigenvalue weighted by Crippen LogP contribution is -2.43. The number of alkyl halides is 3. The minimum Gasteiger partial charge on any atom is -0.445 e. The maximum absolute atomic E-state index is 12.6. The van der Waals surface area contributed by atoms with E-state index in [4.69, 9.17) is 13.9 Å². The number of oxazole rings is 1. The number of carbonyl (C=O) groups is 1. The van der Waals surface area contributed by atoms with Gasteiger partial charge in [0.05, 0.1) is 18.3 Å². The summed E-state index contributed by atoms with van der Waals surface area (Å²) >= 11 is 0. The van der Waals surface area contributed by atoms with Gasteiger partial charge in [-0.15, -0.1) is 0 Å². The van der Waals surface area contributed by atoms with Crippen molar-refractivity contribution in [3.8, 4) is 0 Å². The van der Waals surface area contributed by atoms with E-state index in [2.05, 4.69) is 4.98 Å². The molecule has 6 nitrogen and oxygen atoms in total. The van der Waals surface area contributed by atoms with Crippen LogP contribution in [0.15, 0.2) is 34.9 Å². The molecule has 0 radical (unpaired) electrons. The van der Waals surface area contributed by atoms with E-state index in [0.717, 1.165) is 12.1 Å². The van der Waals surface area contributed by atoms with Crippen LogP contribution in [0.5, 0.6) is 0 Å². The first-order chi connectivity index (χ1) is 15.0. The summed E-state index contributed by atoms with van der Waals surface area (Å²) in [5, 5.41) is 0. The van der Waals surface area contributed by atoms with Crippen LogP contribution in [0, 0.1) is 0 Å². The number of hydrogen-bond donors (Lipinski definition) is 0. The molecule has 0 N–H and O–H groups in total. The first kappa shape index (κ1) is 23.8. The number of amides is 1. The first-order valence-electron chi connectivity index (χ1n) is 10.4. The van der Waals surface area contributed by atoms with E-state index in [1.807, 2.05) is 20.8 Å². The smallest absolute Gasteiger partial charge is 0.416 e. The molecule has 0 spiro atoms. The summed E-state index contributed by atoms with van der Waals surface area (Å²) < 4.78 is 54.5. The fourth-order valence-electron chi connectivity index (χ4n) is 3.15. The van der Waals surface area contributed by atoms with E-state index in [1.165, 1.54) is 18.4 Å². The van der Waals surface area contributed by atoms with Gasteiger partial charge in [-0.25, -0.2) is 9.78 Å². The van der Waals surface area contributed by atoms with E-state index in [-0.39, 0.29) is 18.8 Å². The third-order valence-corrected chi connectivity index (χ3v) is 4.79. The molecule has 1 aliphatic heterocycles. The number of carbonyl (C=O) groups excluding carboxylic acids is 1. The van der Waals surface area contributed by atoms with Crippen LogP contribution < -0.4 is 0 Å². The molecule has 1 amide bonds. The first-order valence-corrected chi connectivity index (χ1v) is 10.4. The Balaban J connectivity index is 1.44. The van der Waals surface area contributed by atoms with E-state index >= 15 is 0 Å². The molecule has 1 aromatic heterocycles. The normalized spacial score (nSPS) is 16.0. The maximum Gasteiger partial charge on any atom is 0.416 e. The molecule has 0 unspecified atom stereocenters. The lowest BCUT2D eigenvalue weighted by atomic mass is 10.1. The van der Waals surface area contributed by atoms with Crippen molar-refractivity contribution in [1.29, 1.82) is 0 Å². The average molecular weight is 452 g/mol. The molecule has 9 heteroatoms. The van der Waals surface area contributed by atoms with Gasteiger partial charge in [-0.2, -0.15) is 13.2 Å². The van der Waals surface area contributed by atoms with Crippen molar-refractivity contribution in [2.45, 2.75) is 58.1 Å². The Bertz CT molecular complexity index is 922. The fraction of sp³-hybridized carbons (Fsp3) is 0.478. The average Bonchev–Trinajstić information content (AvgIpc) is 3.17. The van der Waals surface area contributed by atoms with Gasteiger partial charge in [0.15, 0.2) is 0 Å². The van der Waals surface area contributed by atoms with Gasteiger partial charge in [-0.3, -0.25) is 0 Å². The molecule has 1 saturated heterocycles. The molecule has 2 aromatic rings. The van der Waals surface area contributed by atoms with Crippen LogP contribution in [0.1, 0.15) is 56.3 Å². The van der Waals surface area contributed by atoms with Crippen molar-refractivity contribution in [1.82, 2.24) is 9.88 Å². The summed E-state index contributed by atoms with van der Waals surface area (Å²) in [5.74, 6) is 0.336. The third-order valence-electron chi connectivity index (χ3n) is 4.79. The monoisotopic (exact) mass is 452 g/mol. The van der Waals surface area contributed by atoms with Crippen LogP contribution >= 0.6 is 0 Å². The number of piperidine rings is 1. The standard InChI is InChI=1S/C23H27F3N2O4/c1-22(2,3)32-21(29)28-12-10-19(11-13-28)30-14-18-15-31-20(27-18)9-6-16-4-7-17(8-5-16)23(24,25)26/h4-9,15,19H,10-14H2,1-3H3/b9-6+. The topological polar surface area (TPSA) is 64.8 Å². The van der Waals surface area contributed by atoms with Crippen molar-refractivity contribution in [2.24, 2.45) is 0 Å². The number of nitrogens with zero attached hydrogens (tertiary/aromatic N) is 2. The Labute approximate surface area is 185 Å². The molecule has 32 heavy (non-hydrogen) atoms. The molecule has 1 aromatic carbocycles. The lowest BCUT2D eigenvalue weighted by molar-refractivity contribution is -0.137. The lowest BCUT2D eigenvalue weighted by Gasteiger charge is -2.33. The molecule has 0 bridgehead atoms. The predicted molar refractivity (Wildman–Crippen MR) is 112 cm³/mol. The van der Waals surface area contributed by atoms with Gasteiger partial charge >= 0.3 is 12.3 Å². The Kier molecular flexibility index (Phi) is 7.28. The van der Waals surface area contributed by atoms with E-state index in [1.54, 1.807) is 17.1 Å². The van der Waals surface area contributed by atoms with Gasteiger partial charge in [-0.1, -0.05) is 12.1 Å². The summed E-state index contributed by atoms with van der Waals surface area (Å²) in [4.78, 5) is 18.1. The molecule has 0 atom stereocenters. The van der Waals surface area contributed by atoms with Crippen LogP contribution in [0.2, 0.25) is 0 Å². The van der Waals surface area contributed by atoms with E-state index in [0.29, 0.717) is 43.1 Å². The van der Waals surface area contributed by atoms with Crippen LogP contribution in [-0.4, -0.2) is 40.8 Å². The summed E-state index contributed by atoms with van der Waals surface area (Å²) in [6.45, 7) is 6.93. The minimum absolute atomic E-state index is 0.0107. The highest BCUT2D eigenvalue weighted by molar-refractivity contribution is 5.68. The van der Waals surface area contributed by atoms with Gasteiger partial charge in [0, 0.05) is 19.2 Å². The zero-order valence-electron chi connectivity index (χ0n) is 18.3. The Morgan fingerprint density at radius 1 is 1.16 bits per heavy atom. The van der Waals surface area contributed by atoms with E-state index in [9.17, 15) is 18.0 Å². The van der Waals surface area contributed by atoms with Crippen LogP contribution in [0.4, 0.5) is 18.0 Å². The number of aromatic nitrogens is 1. The molecule has 1 fully saturated rings. The van der Waals surface area contributed by atoms with Gasteiger partial charge in [0.2, 0.25) is 5.89 Å². The molecular weight excluding hydrogens is 425 g/mol. The van der Waals surface area contributed by atoms with Crippen molar-refractivity contribution in [2.75, 3.05) is 13.1 Å². The van der Waals surface area contributed by atoms with Crippen molar-refractivity contribution in [3.63, 3.8) is 0 Å². The predicted octanol–water partition coefficient (Wildman–Crippen LogP) is 5.78. The van der Waals surface area contributed by atoms with Gasteiger partial charge < -0.3 is 18.8 Å². The summed E-state index contributed by atoms with van der Waals surface area (Å²) in [6, 6.07) is 4.83. The summed E-state index contributed by atoms with van der Waals surface area (Å²) in [6.07, 6.45) is 1.46. The number of likely N-dealkylation sites (tertiary alicyclic amines) is 1. The zero-order chi connectivity index (χ0) is 23.4. The molecule has 2 heterocycles. The SMILES string of the molecule is CC(C)(C)OC(=O)N1CCC(OCc2coc(/C=C/c3ccc(C(F)(F)F)cc3)n2)CC1. The molecule has 174 valence electrons. The summed E-state index contributed by atoms with van der Waals surface area (Å²) in [5.41, 5.74) is 0.00954. The zero-order valence-corrected chi connectivity index (χ0v) is 18.3. The van der Waals surface area contributed by atoms with Crippen LogP contribution in [0.25, 0.3) is 12.2 Å². The van der Waals surface area contributed by atoms with Crippen LogP contribution in [-0.2, 0) is 22.3 Å². The molecule has 0 aliphatic carbocycles. The second kappa shape index (κ2) is 9.77. The third kappa shape index (κ3) is 7.12. The van der Waals surface area contributed by atoms with Gasteiger partial charge in [0.1, 0.15) is 17.6 Å². The highest BCUT2D eigenvalue weighted by atomic mass is 19.4. The van der Waals surface area contributed by atoms with Crippen molar-refractivity contribution >= 4 is 18.2 Å². The Morgan fingerprint density at radius 2 is 1.81 bits per heavy atom. The van der Waals surface area contributed by atoms with E-state index < -0.39 is 17.3 Å². The molecule has 1 aliphatic rings. The summed E-state index contributed by atoms with van der Waals surface area (Å²) in [7, 11) is 0.